The van der Waals surface area contributed by atoms with Crippen LogP contribution in [0.25, 0.3) is 0 Å². The molecule has 0 bridgehead atoms. The van der Waals surface area contributed by atoms with Crippen molar-refractivity contribution in [2.45, 2.75) is 26.9 Å². The number of hydrazone groups is 1. The molecule has 0 aliphatic rings. The second-order valence-corrected chi connectivity index (χ2v) is 6.85. The lowest BCUT2D eigenvalue weighted by Crippen LogP contribution is -2.20. The Kier molecular flexibility index (Phi) is 6.74. The highest BCUT2D eigenvalue weighted by molar-refractivity contribution is 5.85. The fourth-order valence-electron chi connectivity index (χ4n) is 2.89. The highest BCUT2D eigenvalue weighted by Gasteiger charge is 2.06. The number of hydrogen-bond donors (Lipinski definition) is 1. The third kappa shape index (κ3) is 6.01. The number of ether oxygens (including phenoxy) is 1. The number of aryl methyl sites for hydroxylation is 2. The monoisotopic (exact) mass is 390 g/mol. The van der Waals surface area contributed by atoms with Crippen LogP contribution >= 0.6 is 0 Å². The van der Waals surface area contributed by atoms with Gasteiger partial charge in [-0.2, -0.15) is 5.10 Å². The van der Waals surface area contributed by atoms with Crippen LogP contribution in [-0.4, -0.2) is 12.1 Å². The third-order valence-electron chi connectivity index (χ3n) is 4.47. The van der Waals surface area contributed by atoms with Gasteiger partial charge in [0.25, 0.3) is 0 Å². The molecule has 0 radical (unpaired) electrons. The van der Waals surface area contributed by atoms with Crippen LogP contribution in [0.4, 0.5) is 4.39 Å². The van der Waals surface area contributed by atoms with E-state index >= 15 is 0 Å². The quantitative estimate of drug-likeness (QED) is 0.469. The van der Waals surface area contributed by atoms with Crippen LogP contribution in [0.5, 0.6) is 5.75 Å². The number of halogens is 1. The normalized spacial score (nSPS) is 10.9. The number of para-hydroxylation sites is 1. The molecule has 3 aromatic rings. The van der Waals surface area contributed by atoms with Crippen LogP contribution < -0.4 is 10.2 Å². The van der Waals surface area contributed by atoms with Crippen molar-refractivity contribution in [2.75, 3.05) is 0 Å². The van der Waals surface area contributed by atoms with Gasteiger partial charge in [-0.1, -0.05) is 48.0 Å². The summed E-state index contributed by atoms with van der Waals surface area (Å²) in [6.07, 6.45) is 1.83. The Hall–Kier alpha value is -3.47. The average molecular weight is 390 g/mol. The lowest BCUT2D eigenvalue weighted by atomic mass is 10.0. The first-order valence-corrected chi connectivity index (χ1v) is 9.35. The van der Waals surface area contributed by atoms with E-state index < -0.39 is 0 Å². The number of nitrogens with zero attached hydrogens (tertiary/aromatic N) is 1. The molecular weight excluding hydrogens is 367 g/mol. The highest BCUT2D eigenvalue weighted by atomic mass is 19.1. The highest BCUT2D eigenvalue weighted by Crippen LogP contribution is 2.18. The summed E-state index contributed by atoms with van der Waals surface area (Å²) in [5.74, 6) is 0.167. The van der Waals surface area contributed by atoms with Crippen LogP contribution in [0.3, 0.4) is 0 Å². The van der Waals surface area contributed by atoms with E-state index in [2.05, 4.69) is 16.6 Å². The molecule has 4 nitrogen and oxygen atoms in total. The first-order valence-electron chi connectivity index (χ1n) is 9.35. The molecule has 0 saturated heterocycles. The van der Waals surface area contributed by atoms with Crippen molar-refractivity contribution in [3.63, 3.8) is 0 Å². The molecule has 0 spiro atoms. The minimum Gasteiger partial charge on any atom is -0.488 e. The van der Waals surface area contributed by atoms with Crippen molar-refractivity contribution < 1.29 is 13.9 Å². The number of carbonyl (C=O) groups is 1. The Balaban J connectivity index is 1.58. The first-order chi connectivity index (χ1) is 14.0. The Bertz CT molecular complexity index is 1010. The fraction of sp³-hybridized carbons (Fsp3) is 0.167. The van der Waals surface area contributed by atoms with Gasteiger partial charge < -0.3 is 4.74 Å². The molecule has 1 N–H and O–H groups in total. The van der Waals surface area contributed by atoms with Crippen molar-refractivity contribution in [2.24, 2.45) is 5.10 Å². The maximum absolute atomic E-state index is 13.0. The number of rotatable bonds is 7. The number of carbonyl (C=O) groups excluding carboxylic acids is 1. The second kappa shape index (κ2) is 9.64. The summed E-state index contributed by atoms with van der Waals surface area (Å²) in [5.41, 5.74) is 7.39. The van der Waals surface area contributed by atoms with Crippen LogP contribution in [0.1, 0.15) is 27.8 Å². The topological polar surface area (TPSA) is 50.7 Å². The van der Waals surface area contributed by atoms with Crippen LogP contribution in [0.15, 0.2) is 71.8 Å². The minimum atomic E-state index is -0.280. The van der Waals surface area contributed by atoms with Crippen molar-refractivity contribution in [3.8, 4) is 5.75 Å². The Morgan fingerprint density at radius 1 is 1.07 bits per heavy atom. The molecule has 5 heteroatoms. The maximum atomic E-state index is 13.0. The smallest absolute Gasteiger partial charge is 0.244 e. The fourth-order valence-corrected chi connectivity index (χ4v) is 2.89. The largest absolute Gasteiger partial charge is 0.488 e. The summed E-state index contributed by atoms with van der Waals surface area (Å²) < 4.78 is 18.8. The summed E-state index contributed by atoms with van der Waals surface area (Å²) in [6, 6.07) is 19.6. The van der Waals surface area contributed by atoms with E-state index in [1.54, 1.807) is 18.3 Å². The van der Waals surface area contributed by atoms with E-state index in [0.29, 0.717) is 12.4 Å². The van der Waals surface area contributed by atoms with E-state index in [4.69, 9.17) is 4.74 Å². The van der Waals surface area contributed by atoms with Gasteiger partial charge in [-0.05, 0) is 54.8 Å². The summed E-state index contributed by atoms with van der Waals surface area (Å²) in [7, 11) is 0. The SMILES string of the molecule is Cc1ccc(CC(=O)N/N=C\c2ccccc2OCc2ccc(F)cc2)c(C)c1. The lowest BCUT2D eigenvalue weighted by molar-refractivity contribution is -0.120. The van der Waals surface area contributed by atoms with Gasteiger partial charge in [-0.15, -0.1) is 0 Å². The predicted octanol–water partition coefficient (Wildman–Crippen LogP) is 4.71. The van der Waals surface area contributed by atoms with Gasteiger partial charge in [-0.25, -0.2) is 9.82 Å². The Morgan fingerprint density at radius 2 is 1.83 bits per heavy atom. The minimum absolute atomic E-state index is 0.182. The molecule has 0 heterocycles. The second-order valence-electron chi connectivity index (χ2n) is 6.85. The van der Waals surface area contributed by atoms with Gasteiger partial charge >= 0.3 is 0 Å². The molecule has 3 aromatic carbocycles. The van der Waals surface area contributed by atoms with E-state index in [1.165, 1.54) is 17.7 Å². The standard InChI is InChI=1S/C24H23FN2O2/c1-17-7-10-20(18(2)13-17)14-24(28)27-26-15-21-5-3-4-6-23(21)29-16-19-8-11-22(25)12-9-19/h3-13,15H,14,16H2,1-2H3,(H,27,28)/b26-15-. The van der Waals surface area contributed by atoms with Crippen LogP contribution in [0, 0.1) is 19.7 Å². The molecule has 0 aliphatic carbocycles. The molecule has 1 amide bonds. The average Bonchev–Trinajstić information content (AvgIpc) is 2.70. The maximum Gasteiger partial charge on any atom is 0.244 e. The zero-order valence-electron chi connectivity index (χ0n) is 16.5. The van der Waals surface area contributed by atoms with Crippen molar-refractivity contribution >= 4 is 12.1 Å². The Morgan fingerprint density at radius 3 is 2.59 bits per heavy atom. The Labute approximate surface area is 170 Å². The molecule has 0 atom stereocenters. The summed E-state index contributed by atoms with van der Waals surface area (Å²) in [6.45, 7) is 4.33. The summed E-state index contributed by atoms with van der Waals surface area (Å²) in [5, 5.41) is 4.06. The van der Waals surface area contributed by atoms with Crippen LogP contribution in [-0.2, 0) is 17.8 Å². The molecule has 3 rings (SSSR count). The molecule has 0 saturated carbocycles. The lowest BCUT2D eigenvalue weighted by Gasteiger charge is -2.09. The summed E-state index contributed by atoms with van der Waals surface area (Å²) in [4.78, 5) is 12.2. The molecule has 29 heavy (non-hydrogen) atoms. The van der Waals surface area contributed by atoms with E-state index in [9.17, 15) is 9.18 Å². The number of amides is 1. The van der Waals surface area contributed by atoms with Crippen molar-refractivity contribution in [1.29, 1.82) is 0 Å². The van der Waals surface area contributed by atoms with Gasteiger partial charge in [0.1, 0.15) is 18.2 Å². The molecule has 0 aliphatic heterocycles. The van der Waals surface area contributed by atoms with E-state index in [-0.39, 0.29) is 18.1 Å². The van der Waals surface area contributed by atoms with E-state index in [1.807, 2.05) is 50.2 Å². The zero-order valence-corrected chi connectivity index (χ0v) is 16.5. The van der Waals surface area contributed by atoms with Gasteiger partial charge in [0, 0.05) is 5.56 Å². The van der Waals surface area contributed by atoms with Crippen LogP contribution in [0.2, 0.25) is 0 Å². The van der Waals surface area contributed by atoms with E-state index in [0.717, 1.165) is 22.3 Å². The molecule has 0 fully saturated rings. The van der Waals surface area contributed by atoms with Crippen molar-refractivity contribution in [3.05, 3.63) is 100 Å². The van der Waals surface area contributed by atoms with Gasteiger partial charge in [0.05, 0.1) is 12.6 Å². The number of nitrogens with one attached hydrogen (secondary N) is 1. The van der Waals surface area contributed by atoms with Gasteiger partial charge in [0.2, 0.25) is 5.91 Å². The summed E-state index contributed by atoms with van der Waals surface area (Å²) >= 11 is 0. The third-order valence-corrected chi connectivity index (χ3v) is 4.47. The molecule has 148 valence electrons. The van der Waals surface area contributed by atoms with Crippen molar-refractivity contribution in [1.82, 2.24) is 5.43 Å². The molecule has 0 unspecified atom stereocenters. The molecule has 0 aromatic heterocycles. The predicted molar refractivity (Wildman–Crippen MR) is 113 cm³/mol. The molecular formula is C24H23FN2O2. The van der Waals surface area contributed by atoms with Gasteiger partial charge in [-0.3, -0.25) is 4.79 Å². The first kappa shape index (κ1) is 20.3. The number of hydrogen-bond acceptors (Lipinski definition) is 3. The van der Waals surface area contributed by atoms with Gasteiger partial charge in [0.15, 0.2) is 0 Å². The number of benzene rings is 3. The zero-order chi connectivity index (χ0) is 20.6.